The maximum Gasteiger partial charge on any atom is 0.307 e. The molecule has 1 aliphatic heterocycles. The molecule has 0 saturated carbocycles. The van der Waals surface area contributed by atoms with Crippen molar-refractivity contribution < 1.29 is 18.3 Å². The maximum absolute atomic E-state index is 14.0. The third-order valence-corrected chi connectivity index (χ3v) is 9.77. The van der Waals surface area contributed by atoms with Crippen LogP contribution in [0.25, 0.3) is 0 Å². The average Bonchev–Trinajstić information content (AvgIpc) is 3.25. The molecule has 2 aliphatic rings. The van der Waals surface area contributed by atoms with Gasteiger partial charge in [0, 0.05) is 30.9 Å². The number of sulfone groups is 1. The molecule has 1 aliphatic carbocycles. The molecule has 1 saturated heterocycles. The van der Waals surface area contributed by atoms with Crippen molar-refractivity contribution in [2.75, 3.05) is 18.0 Å². The quantitative estimate of drug-likeness (QED) is 0.569. The Labute approximate surface area is 215 Å². The molecule has 1 heterocycles. The minimum absolute atomic E-state index is 0.0302. The molecule has 1 N–H and O–H groups in total. The first-order valence-corrected chi connectivity index (χ1v) is 14.2. The van der Waals surface area contributed by atoms with Gasteiger partial charge in [-0.2, -0.15) is 0 Å². The predicted molar refractivity (Wildman–Crippen MR) is 144 cm³/mol. The van der Waals surface area contributed by atoms with Gasteiger partial charge in [0.1, 0.15) is 5.37 Å². The van der Waals surface area contributed by atoms with Gasteiger partial charge in [0.15, 0.2) is 9.84 Å². The fourth-order valence-electron chi connectivity index (χ4n) is 5.82. The van der Waals surface area contributed by atoms with Crippen molar-refractivity contribution in [2.45, 2.75) is 75.2 Å². The van der Waals surface area contributed by atoms with Crippen molar-refractivity contribution in [3.8, 4) is 0 Å². The summed E-state index contributed by atoms with van der Waals surface area (Å²) in [6.07, 6.45) is 2.14. The number of carboxylic acid groups (broad SMARTS) is 1. The Morgan fingerprint density at radius 2 is 1.67 bits per heavy atom. The van der Waals surface area contributed by atoms with Crippen LogP contribution < -0.4 is 4.90 Å². The highest BCUT2D eigenvalue weighted by molar-refractivity contribution is 7.92. The Kier molecular flexibility index (Phi) is 7.10. The summed E-state index contributed by atoms with van der Waals surface area (Å²) in [5.41, 5.74) is 3.97. The summed E-state index contributed by atoms with van der Waals surface area (Å²) in [5.74, 6) is -1.46. The summed E-state index contributed by atoms with van der Waals surface area (Å²) in [7, 11) is -3.80. The van der Waals surface area contributed by atoms with Gasteiger partial charge in [-0.1, -0.05) is 51.1 Å². The fourth-order valence-corrected chi connectivity index (χ4v) is 7.89. The highest BCUT2D eigenvalue weighted by atomic mass is 32.2. The molecule has 6 nitrogen and oxygen atoms in total. The number of anilines is 1. The number of aliphatic carboxylic acids is 1. The molecule has 4 rings (SSSR count). The van der Waals surface area contributed by atoms with E-state index in [1.807, 2.05) is 11.0 Å². The standard InChI is InChI=1S/C29H38N2O4S/c1-7-27(36(34,35)26-10-8-9-21-15-22(28(32)33)16-25(21)26)31-19(2)17-30(18-20(31)3)24-13-11-23(12-14-24)29(4,5)6/h7-14,19-20,22,27H,1,15-18H2,2-6H3,(H,32,33). The minimum atomic E-state index is -3.80. The highest BCUT2D eigenvalue weighted by Gasteiger charge is 2.42. The second-order valence-electron chi connectivity index (χ2n) is 11.4. The average molecular weight is 511 g/mol. The van der Waals surface area contributed by atoms with Gasteiger partial charge in [0.05, 0.1) is 10.8 Å². The Balaban J connectivity index is 1.59. The lowest BCUT2D eigenvalue weighted by atomic mass is 9.87. The van der Waals surface area contributed by atoms with E-state index in [1.165, 1.54) is 11.6 Å². The SMILES string of the molecule is C=CC(N1C(C)CN(c2ccc(C(C)(C)C)cc2)CC1C)S(=O)(=O)c1cccc2c1CC(C(=O)O)C2. The molecule has 0 radical (unpaired) electrons. The third-order valence-electron chi connectivity index (χ3n) is 7.70. The van der Waals surface area contributed by atoms with Gasteiger partial charge in [-0.05, 0) is 67.0 Å². The van der Waals surface area contributed by atoms with E-state index < -0.39 is 27.1 Å². The number of piperazine rings is 1. The summed E-state index contributed by atoms with van der Waals surface area (Å²) >= 11 is 0. The molecule has 194 valence electrons. The van der Waals surface area contributed by atoms with Crippen molar-refractivity contribution in [3.63, 3.8) is 0 Å². The summed E-state index contributed by atoms with van der Waals surface area (Å²) < 4.78 is 28.0. The van der Waals surface area contributed by atoms with E-state index in [0.717, 1.165) is 11.3 Å². The zero-order valence-corrected chi connectivity index (χ0v) is 22.8. The number of rotatable bonds is 6. The number of hydrogen-bond acceptors (Lipinski definition) is 5. The monoisotopic (exact) mass is 510 g/mol. The molecular formula is C29H38N2O4S. The van der Waals surface area contributed by atoms with Gasteiger partial charge in [-0.25, -0.2) is 8.42 Å². The number of nitrogens with zero attached hydrogens (tertiary/aromatic N) is 2. The Hall–Kier alpha value is -2.64. The van der Waals surface area contributed by atoms with E-state index in [0.29, 0.717) is 25.1 Å². The maximum atomic E-state index is 14.0. The lowest BCUT2D eigenvalue weighted by Crippen LogP contribution is -2.61. The van der Waals surface area contributed by atoms with Gasteiger partial charge in [0.25, 0.3) is 0 Å². The van der Waals surface area contributed by atoms with Crippen molar-refractivity contribution in [1.82, 2.24) is 4.90 Å². The van der Waals surface area contributed by atoms with Gasteiger partial charge >= 0.3 is 5.97 Å². The number of carboxylic acids is 1. The van der Waals surface area contributed by atoms with Gasteiger partial charge in [-0.3, -0.25) is 9.69 Å². The molecule has 0 bridgehead atoms. The van der Waals surface area contributed by atoms with Crippen LogP contribution in [0, 0.1) is 5.92 Å². The molecule has 2 aromatic carbocycles. The molecule has 36 heavy (non-hydrogen) atoms. The molecule has 4 atom stereocenters. The summed E-state index contributed by atoms with van der Waals surface area (Å²) in [4.78, 5) is 16.2. The normalized spacial score (nSPS) is 23.8. The van der Waals surface area contributed by atoms with E-state index in [2.05, 4.69) is 70.4 Å². The summed E-state index contributed by atoms with van der Waals surface area (Å²) in [6.45, 7) is 16.0. The van der Waals surface area contributed by atoms with Crippen LogP contribution in [-0.4, -0.2) is 54.9 Å². The van der Waals surface area contributed by atoms with Crippen molar-refractivity contribution >= 4 is 21.5 Å². The lowest BCUT2D eigenvalue weighted by molar-refractivity contribution is -0.141. The number of fused-ring (bicyclic) bond motifs is 1. The van der Waals surface area contributed by atoms with Crippen molar-refractivity contribution in [2.24, 2.45) is 5.92 Å². The Bertz CT molecular complexity index is 1240. The lowest BCUT2D eigenvalue weighted by Gasteiger charge is -2.47. The van der Waals surface area contributed by atoms with E-state index in [4.69, 9.17) is 0 Å². The third kappa shape index (κ3) is 4.83. The molecule has 1 fully saturated rings. The first-order valence-electron chi connectivity index (χ1n) is 12.7. The van der Waals surface area contributed by atoms with Crippen LogP contribution in [-0.2, 0) is 32.9 Å². The van der Waals surface area contributed by atoms with E-state index in [1.54, 1.807) is 12.1 Å². The first kappa shape index (κ1) is 26.4. The van der Waals surface area contributed by atoms with Crippen molar-refractivity contribution in [3.05, 3.63) is 71.8 Å². The molecule has 2 aromatic rings. The summed E-state index contributed by atoms with van der Waals surface area (Å²) in [5, 5.41) is 8.62. The van der Waals surface area contributed by atoms with Crippen molar-refractivity contribution in [1.29, 1.82) is 0 Å². The zero-order chi connectivity index (χ0) is 26.4. The molecular weight excluding hydrogens is 472 g/mol. The second kappa shape index (κ2) is 9.67. The molecule has 0 spiro atoms. The predicted octanol–water partition coefficient (Wildman–Crippen LogP) is 4.67. The summed E-state index contributed by atoms with van der Waals surface area (Å²) in [6, 6.07) is 13.8. The molecule has 0 amide bonds. The number of benzene rings is 2. The van der Waals surface area contributed by atoms with Crippen LogP contribution in [0.5, 0.6) is 0 Å². The van der Waals surface area contributed by atoms with E-state index in [9.17, 15) is 18.3 Å². The zero-order valence-electron chi connectivity index (χ0n) is 21.9. The molecule has 7 heteroatoms. The first-order chi connectivity index (χ1) is 16.8. The fraction of sp³-hybridized carbons (Fsp3) is 0.483. The van der Waals surface area contributed by atoms with E-state index in [-0.39, 0.29) is 28.8 Å². The van der Waals surface area contributed by atoms with Crippen LogP contribution >= 0.6 is 0 Å². The Morgan fingerprint density at radius 3 is 2.19 bits per heavy atom. The van der Waals surface area contributed by atoms with Gasteiger partial charge < -0.3 is 10.0 Å². The smallest absolute Gasteiger partial charge is 0.307 e. The van der Waals surface area contributed by atoms with Crippen LogP contribution in [0.3, 0.4) is 0 Å². The highest BCUT2D eigenvalue weighted by Crippen LogP contribution is 2.36. The van der Waals surface area contributed by atoms with E-state index >= 15 is 0 Å². The van der Waals surface area contributed by atoms with Gasteiger partial charge in [0.2, 0.25) is 0 Å². The topological polar surface area (TPSA) is 77.9 Å². The van der Waals surface area contributed by atoms with Crippen LogP contribution in [0.1, 0.15) is 51.3 Å². The number of carbonyl (C=O) groups is 1. The van der Waals surface area contributed by atoms with Crippen LogP contribution in [0.2, 0.25) is 0 Å². The van der Waals surface area contributed by atoms with Gasteiger partial charge in [-0.15, -0.1) is 6.58 Å². The number of hydrogen-bond donors (Lipinski definition) is 1. The molecule has 0 aromatic heterocycles. The molecule has 4 unspecified atom stereocenters. The van der Waals surface area contributed by atoms with Crippen LogP contribution in [0.15, 0.2) is 60.0 Å². The largest absolute Gasteiger partial charge is 0.481 e. The minimum Gasteiger partial charge on any atom is -0.481 e. The van der Waals surface area contributed by atoms with Crippen LogP contribution in [0.4, 0.5) is 5.69 Å². The second-order valence-corrected chi connectivity index (χ2v) is 13.4. The Morgan fingerprint density at radius 1 is 1.06 bits per heavy atom.